The molecule has 36 heavy (non-hydrogen) atoms. The molecule has 1 heterocycles. The normalized spacial score (nSPS) is 14.2. The lowest BCUT2D eigenvalue weighted by Crippen LogP contribution is -2.34. The topological polar surface area (TPSA) is 102 Å². The van der Waals surface area contributed by atoms with Gasteiger partial charge in [-0.2, -0.15) is 0 Å². The highest BCUT2D eigenvalue weighted by atomic mass is 32.2. The lowest BCUT2D eigenvalue weighted by Gasteiger charge is -2.24. The van der Waals surface area contributed by atoms with E-state index in [2.05, 4.69) is 5.32 Å². The van der Waals surface area contributed by atoms with Gasteiger partial charge in [-0.05, 0) is 55.3 Å². The standard InChI is InChI=1S/C27H28N2O6S/c1-17-9-10-18(2)20(13-17)16-29-22-14-19(26(30)28-15-25(34-3)35-4)11-12-24(22)36(32,33)23-8-6-5-7-21(23)27(29)31/h5-14,25H,15-16H2,1-4H3,(H,28,30). The molecule has 0 atom stereocenters. The average Bonchev–Trinajstić information content (AvgIpc) is 2.94. The van der Waals surface area contributed by atoms with Gasteiger partial charge in [-0.25, -0.2) is 8.42 Å². The molecule has 2 amide bonds. The fourth-order valence-corrected chi connectivity index (χ4v) is 5.82. The summed E-state index contributed by atoms with van der Waals surface area (Å²) in [6, 6.07) is 16.4. The van der Waals surface area contributed by atoms with Crippen molar-refractivity contribution in [1.29, 1.82) is 0 Å². The van der Waals surface area contributed by atoms with Crippen molar-refractivity contribution < 1.29 is 27.5 Å². The third-order valence-electron chi connectivity index (χ3n) is 6.24. The first-order valence-electron chi connectivity index (χ1n) is 11.4. The fraction of sp³-hybridized carbons (Fsp3) is 0.259. The number of benzene rings is 3. The molecule has 9 heteroatoms. The number of ether oxygens (including phenoxy) is 2. The number of rotatable bonds is 7. The van der Waals surface area contributed by atoms with Crippen LogP contribution in [0.3, 0.4) is 0 Å². The van der Waals surface area contributed by atoms with Crippen molar-refractivity contribution in [2.75, 3.05) is 25.7 Å². The van der Waals surface area contributed by atoms with Crippen LogP contribution in [0.1, 0.15) is 37.4 Å². The molecular weight excluding hydrogens is 480 g/mol. The van der Waals surface area contributed by atoms with Crippen molar-refractivity contribution in [2.45, 2.75) is 36.5 Å². The molecule has 0 spiro atoms. The first-order chi connectivity index (χ1) is 17.2. The summed E-state index contributed by atoms with van der Waals surface area (Å²) in [4.78, 5) is 28.0. The van der Waals surface area contributed by atoms with Gasteiger partial charge in [0.25, 0.3) is 11.8 Å². The Morgan fingerprint density at radius 2 is 1.69 bits per heavy atom. The number of aryl methyl sites for hydroxylation is 2. The van der Waals surface area contributed by atoms with E-state index in [0.29, 0.717) is 0 Å². The second kappa shape index (κ2) is 10.2. The second-order valence-corrected chi connectivity index (χ2v) is 10.5. The number of nitrogens with one attached hydrogen (secondary N) is 1. The molecule has 4 rings (SSSR count). The van der Waals surface area contributed by atoms with E-state index in [9.17, 15) is 18.0 Å². The van der Waals surface area contributed by atoms with Gasteiger partial charge in [0.05, 0.1) is 34.1 Å². The van der Waals surface area contributed by atoms with Gasteiger partial charge in [-0.15, -0.1) is 0 Å². The number of hydrogen-bond acceptors (Lipinski definition) is 6. The number of carbonyl (C=O) groups excluding carboxylic acids is 2. The molecule has 1 aliphatic rings. The Labute approximate surface area is 210 Å². The minimum Gasteiger partial charge on any atom is -0.354 e. The van der Waals surface area contributed by atoms with Crippen molar-refractivity contribution in [1.82, 2.24) is 5.32 Å². The highest BCUT2D eigenvalue weighted by molar-refractivity contribution is 7.91. The smallest absolute Gasteiger partial charge is 0.259 e. The van der Waals surface area contributed by atoms with Crippen LogP contribution in [0, 0.1) is 13.8 Å². The van der Waals surface area contributed by atoms with Gasteiger partial charge >= 0.3 is 0 Å². The summed E-state index contributed by atoms with van der Waals surface area (Å²) in [5, 5.41) is 2.71. The Balaban J connectivity index is 1.85. The molecule has 0 fully saturated rings. The summed E-state index contributed by atoms with van der Waals surface area (Å²) in [6.45, 7) is 4.13. The molecule has 0 radical (unpaired) electrons. The molecular formula is C27H28N2O6S. The predicted octanol–water partition coefficient (Wildman–Crippen LogP) is 3.65. The van der Waals surface area contributed by atoms with Crippen LogP contribution in [0.2, 0.25) is 0 Å². The highest BCUT2D eigenvalue weighted by Crippen LogP contribution is 2.38. The molecule has 0 unspecified atom stereocenters. The minimum absolute atomic E-state index is 0.0330. The number of carbonyl (C=O) groups is 2. The molecule has 3 aromatic carbocycles. The Morgan fingerprint density at radius 3 is 2.42 bits per heavy atom. The van der Waals surface area contributed by atoms with E-state index in [0.717, 1.165) is 16.7 Å². The van der Waals surface area contributed by atoms with E-state index in [4.69, 9.17) is 9.47 Å². The van der Waals surface area contributed by atoms with Crippen molar-refractivity contribution in [3.63, 3.8) is 0 Å². The van der Waals surface area contributed by atoms with E-state index in [1.165, 1.54) is 49.5 Å². The maximum atomic E-state index is 13.8. The molecule has 0 saturated carbocycles. The fourth-order valence-electron chi connectivity index (χ4n) is 4.19. The third kappa shape index (κ3) is 4.77. The van der Waals surface area contributed by atoms with Crippen LogP contribution in [0.4, 0.5) is 5.69 Å². The molecule has 1 aliphatic heterocycles. The van der Waals surface area contributed by atoms with E-state index >= 15 is 0 Å². The quantitative estimate of drug-likeness (QED) is 0.489. The van der Waals surface area contributed by atoms with E-state index in [1.807, 2.05) is 32.0 Å². The largest absolute Gasteiger partial charge is 0.354 e. The highest BCUT2D eigenvalue weighted by Gasteiger charge is 2.36. The predicted molar refractivity (Wildman–Crippen MR) is 135 cm³/mol. The van der Waals surface area contributed by atoms with Gasteiger partial charge in [-0.3, -0.25) is 9.59 Å². The zero-order valence-electron chi connectivity index (χ0n) is 20.6. The molecule has 3 aromatic rings. The Bertz CT molecular complexity index is 1430. The van der Waals surface area contributed by atoms with Crippen molar-refractivity contribution in [3.05, 3.63) is 88.5 Å². The first kappa shape index (κ1) is 25.6. The number of methoxy groups -OCH3 is 2. The lowest BCUT2D eigenvalue weighted by atomic mass is 10.0. The monoisotopic (exact) mass is 508 g/mol. The minimum atomic E-state index is -4.02. The van der Waals surface area contributed by atoms with Gasteiger partial charge in [0, 0.05) is 19.8 Å². The van der Waals surface area contributed by atoms with Crippen LogP contribution in [-0.2, 0) is 25.9 Å². The van der Waals surface area contributed by atoms with E-state index in [1.54, 1.807) is 12.1 Å². The molecule has 8 nitrogen and oxygen atoms in total. The average molecular weight is 509 g/mol. The number of hydrogen-bond donors (Lipinski definition) is 1. The zero-order chi connectivity index (χ0) is 26.0. The van der Waals surface area contributed by atoms with E-state index in [-0.39, 0.29) is 39.7 Å². The van der Waals surface area contributed by atoms with E-state index < -0.39 is 27.9 Å². The summed E-state index contributed by atoms with van der Waals surface area (Å²) >= 11 is 0. The molecule has 1 N–H and O–H groups in total. The number of sulfone groups is 1. The van der Waals surface area contributed by atoms with Gasteiger partial charge in [0.1, 0.15) is 0 Å². The van der Waals surface area contributed by atoms with Crippen LogP contribution < -0.4 is 10.2 Å². The Kier molecular flexibility index (Phi) is 7.26. The summed E-state index contributed by atoms with van der Waals surface area (Å²) in [5.74, 6) is -0.902. The van der Waals surface area contributed by atoms with Gasteiger partial charge < -0.3 is 19.7 Å². The number of amides is 2. The van der Waals surface area contributed by atoms with Gasteiger partial charge in [0.15, 0.2) is 6.29 Å². The molecule has 0 bridgehead atoms. The summed E-state index contributed by atoms with van der Waals surface area (Å²) in [6.07, 6.45) is -0.632. The molecule has 0 aliphatic carbocycles. The molecule has 0 saturated heterocycles. The van der Waals surface area contributed by atoms with Gasteiger partial charge in [0.2, 0.25) is 9.84 Å². The Morgan fingerprint density at radius 1 is 0.972 bits per heavy atom. The maximum absolute atomic E-state index is 13.8. The van der Waals surface area contributed by atoms with Crippen molar-refractivity contribution in [2.24, 2.45) is 0 Å². The van der Waals surface area contributed by atoms with Crippen LogP contribution in [0.25, 0.3) is 0 Å². The second-order valence-electron chi connectivity index (χ2n) is 8.61. The van der Waals surface area contributed by atoms with Gasteiger partial charge in [-0.1, -0.05) is 35.9 Å². The first-order valence-corrected chi connectivity index (χ1v) is 12.9. The third-order valence-corrected chi connectivity index (χ3v) is 8.10. The summed E-state index contributed by atoms with van der Waals surface area (Å²) < 4.78 is 37.5. The molecule has 188 valence electrons. The SMILES string of the molecule is COC(CNC(=O)c1ccc2c(c1)N(Cc1cc(C)ccc1C)C(=O)c1ccccc1S2(=O)=O)OC. The van der Waals surface area contributed by atoms with Crippen LogP contribution in [-0.4, -0.2) is 47.3 Å². The van der Waals surface area contributed by atoms with Crippen molar-refractivity contribution >= 4 is 27.3 Å². The van der Waals surface area contributed by atoms with Crippen LogP contribution in [0.5, 0.6) is 0 Å². The molecule has 0 aromatic heterocycles. The lowest BCUT2D eigenvalue weighted by molar-refractivity contribution is -0.0974. The van der Waals surface area contributed by atoms with Crippen LogP contribution >= 0.6 is 0 Å². The zero-order valence-corrected chi connectivity index (χ0v) is 21.4. The summed E-state index contributed by atoms with van der Waals surface area (Å²) in [5.41, 5.74) is 3.32. The van der Waals surface area contributed by atoms with Crippen molar-refractivity contribution in [3.8, 4) is 0 Å². The maximum Gasteiger partial charge on any atom is 0.259 e. The van der Waals surface area contributed by atoms with Crippen LogP contribution in [0.15, 0.2) is 70.5 Å². The Hall–Kier alpha value is -3.53. The number of anilines is 1. The number of nitrogens with zero attached hydrogens (tertiary/aromatic N) is 1. The number of fused-ring (bicyclic) bond motifs is 2. The summed E-state index contributed by atoms with van der Waals surface area (Å²) in [7, 11) is -1.10.